The Balaban J connectivity index is 1.58. The van der Waals surface area contributed by atoms with Crippen molar-refractivity contribution in [2.24, 2.45) is 0 Å². The van der Waals surface area contributed by atoms with Crippen LogP contribution in [0, 0.1) is 0 Å². The Morgan fingerprint density at radius 3 is 2.71 bits per heavy atom. The number of fused-ring (bicyclic) bond motifs is 1. The largest absolute Gasteiger partial charge is 0.486 e. The van der Waals surface area contributed by atoms with Crippen LogP contribution in [0.15, 0.2) is 67.1 Å². The summed E-state index contributed by atoms with van der Waals surface area (Å²) in [7, 11) is 0. The van der Waals surface area contributed by atoms with Gasteiger partial charge in [-0.2, -0.15) is 0 Å². The highest BCUT2D eigenvalue weighted by atomic mass is 16.6. The van der Waals surface area contributed by atoms with Gasteiger partial charge >= 0.3 is 0 Å². The molecule has 2 aromatic carbocycles. The Hall–Kier alpha value is -3.51. The molecule has 1 aliphatic heterocycles. The topological polar surface area (TPSA) is 83.2 Å². The van der Waals surface area contributed by atoms with Crippen LogP contribution in [0.3, 0.4) is 0 Å². The summed E-state index contributed by atoms with van der Waals surface area (Å²) >= 11 is 0. The van der Waals surface area contributed by atoms with Crippen molar-refractivity contribution >= 4 is 16.7 Å². The minimum atomic E-state index is 0.127. The predicted octanol–water partition coefficient (Wildman–Crippen LogP) is 3.72. The molecule has 6 nitrogen and oxygen atoms in total. The SMILES string of the molecule is Nc1ncnc2ccc(-c3cccnc3-c3cccc(OC4COC4)c3)cc12. The molecule has 1 fully saturated rings. The molecule has 6 heteroatoms. The Morgan fingerprint density at radius 2 is 1.86 bits per heavy atom. The number of hydrogen-bond donors (Lipinski definition) is 1. The second kappa shape index (κ2) is 6.90. The molecule has 0 atom stereocenters. The van der Waals surface area contributed by atoms with Gasteiger partial charge in [0.2, 0.25) is 0 Å². The molecule has 138 valence electrons. The number of nitrogen functional groups attached to an aromatic ring is 1. The van der Waals surface area contributed by atoms with E-state index in [1.54, 1.807) is 6.20 Å². The number of rotatable bonds is 4. The Bertz CT molecular complexity index is 1160. The molecule has 0 amide bonds. The molecule has 4 aromatic rings. The van der Waals surface area contributed by atoms with E-state index in [-0.39, 0.29) is 6.10 Å². The van der Waals surface area contributed by atoms with Gasteiger partial charge in [0.15, 0.2) is 0 Å². The molecule has 1 saturated heterocycles. The predicted molar refractivity (Wildman–Crippen MR) is 108 cm³/mol. The molecule has 5 rings (SSSR count). The van der Waals surface area contributed by atoms with E-state index in [1.165, 1.54) is 6.33 Å². The van der Waals surface area contributed by atoms with Gasteiger partial charge in [-0.15, -0.1) is 0 Å². The van der Waals surface area contributed by atoms with Gasteiger partial charge in [-0.25, -0.2) is 9.97 Å². The lowest BCUT2D eigenvalue weighted by Gasteiger charge is -2.26. The zero-order valence-electron chi connectivity index (χ0n) is 15.1. The van der Waals surface area contributed by atoms with Crippen LogP contribution in [-0.4, -0.2) is 34.3 Å². The monoisotopic (exact) mass is 370 g/mol. The zero-order valence-corrected chi connectivity index (χ0v) is 15.1. The molecule has 28 heavy (non-hydrogen) atoms. The summed E-state index contributed by atoms with van der Waals surface area (Å²) in [5, 5.41) is 0.830. The van der Waals surface area contributed by atoms with Crippen molar-refractivity contribution in [2.75, 3.05) is 18.9 Å². The summed E-state index contributed by atoms with van der Waals surface area (Å²) in [4.78, 5) is 13.0. The molecule has 2 N–H and O–H groups in total. The van der Waals surface area contributed by atoms with Crippen molar-refractivity contribution in [2.45, 2.75) is 6.10 Å². The van der Waals surface area contributed by atoms with E-state index in [2.05, 4.69) is 21.0 Å². The average molecular weight is 370 g/mol. The molecular weight excluding hydrogens is 352 g/mol. The van der Waals surface area contributed by atoms with Crippen LogP contribution >= 0.6 is 0 Å². The van der Waals surface area contributed by atoms with Crippen molar-refractivity contribution in [3.8, 4) is 28.1 Å². The highest BCUT2D eigenvalue weighted by Crippen LogP contribution is 2.34. The zero-order chi connectivity index (χ0) is 18.9. The standard InChI is InChI=1S/C22H18N4O2/c23-22-19-10-14(6-7-20(19)25-13-26-22)18-5-2-8-24-21(18)15-3-1-4-16(9-15)28-17-11-27-12-17/h1-10,13,17H,11-12H2,(H2,23,25,26). The number of aromatic nitrogens is 3. The molecular formula is C22H18N4O2. The average Bonchev–Trinajstić information content (AvgIpc) is 2.71. The van der Waals surface area contributed by atoms with Crippen molar-refractivity contribution in [3.05, 3.63) is 67.1 Å². The minimum Gasteiger partial charge on any atom is -0.486 e. The molecule has 2 aromatic heterocycles. The van der Waals surface area contributed by atoms with E-state index in [0.29, 0.717) is 19.0 Å². The number of pyridine rings is 1. The third-order valence-electron chi connectivity index (χ3n) is 4.80. The number of ether oxygens (including phenoxy) is 2. The number of nitrogens with zero attached hydrogens (tertiary/aromatic N) is 3. The Kier molecular flexibility index (Phi) is 4.10. The first-order valence-electron chi connectivity index (χ1n) is 9.08. The summed E-state index contributed by atoms with van der Waals surface area (Å²) in [6, 6.07) is 18.0. The number of hydrogen-bond acceptors (Lipinski definition) is 6. The van der Waals surface area contributed by atoms with Crippen molar-refractivity contribution in [3.63, 3.8) is 0 Å². The fourth-order valence-electron chi connectivity index (χ4n) is 3.30. The molecule has 0 unspecified atom stereocenters. The maximum absolute atomic E-state index is 6.04. The molecule has 0 spiro atoms. The lowest BCUT2D eigenvalue weighted by atomic mass is 9.98. The lowest BCUT2D eigenvalue weighted by molar-refractivity contribution is -0.0796. The maximum atomic E-state index is 6.04. The summed E-state index contributed by atoms with van der Waals surface area (Å²) in [6.45, 7) is 1.28. The summed E-state index contributed by atoms with van der Waals surface area (Å²) in [6.07, 6.45) is 3.40. The molecule has 1 aliphatic rings. The van der Waals surface area contributed by atoms with Crippen LogP contribution in [0.25, 0.3) is 33.3 Å². The van der Waals surface area contributed by atoms with Crippen LogP contribution in [-0.2, 0) is 4.74 Å². The van der Waals surface area contributed by atoms with E-state index >= 15 is 0 Å². The van der Waals surface area contributed by atoms with E-state index in [9.17, 15) is 0 Å². The summed E-state index contributed by atoms with van der Waals surface area (Å²) < 4.78 is 11.1. The molecule has 0 aliphatic carbocycles. The maximum Gasteiger partial charge on any atom is 0.145 e. The van der Waals surface area contributed by atoms with Crippen LogP contribution in [0.4, 0.5) is 5.82 Å². The number of anilines is 1. The molecule has 0 bridgehead atoms. The van der Waals surface area contributed by atoms with Gasteiger partial charge in [0, 0.05) is 22.7 Å². The normalized spacial score (nSPS) is 14.0. The van der Waals surface area contributed by atoms with Crippen LogP contribution < -0.4 is 10.5 Å². The van der Waals surface area contributed by atoms with Crippen LogP contribution in [0.1, 0.15) is 0 Å². The van der Waals surface area contributed by atoms with Crippen LogP contribution in [0.2, 0.25) is 0 Å². The van der Waals surface area contributed by atoms with E-state index in [1.807, 2.05) is 48.5 Å². The lowest BCUT2D eigenvalue weighted by Crippen LogP contribution is -2.38. The van der Waals surface area contributed by atoms with Crippen molar-refractivity contribution in [1.82, 2.24) is 15.0 Å². The quantitative estimate of drug-likeness (QED) is 0.589. The fraction of sp³-hybridized carbons (Fsp3) is 0.136. The van der Waals surface area contributed by atoms with Gasteiger partial charge in [0.1, 0.15) is 24.0 Å². The van der Waals surface area contributed by atoms with Gasteiger partial charge in [-0.1, -0.05) is 24.3 Å². The van der Waals surface area contributed by atoms with Gasteiger partial charge in [0.05, 0.1) is 24.4 Å². The van der Waals surface area contributed by atoms with Crippen molar-refractivity contribution < 1.29 is 9.47 Å². The Morgan fingerprint density at radius 1 is 0.929 bits per heavy atom. The van der Waals surface area contributed by atoms with Gasteiger partial charge < -0.3 is 15.2 Å². The molecule has 0 saturated carbocycles. The molecule has 0 radical (unpaired) electrons. The first-order chi connectivity index (χ1) is 13.8. The fourth-order valence-corrected chi connectivity index (χ4v) is 3.30. The number of benzene rings is 2. The third-order valence-corrected chi connectivity index (χ3v) is 4.80. The molecule has 3 heterocycles. The third kappa shape index (κ3) is 3.04. The highest BCUT2D eigenvalue weighted by molar-refractivity contribution is 5.93. The first-order valence-corrected chi connectivity index (χ1v) is 9.08. The van der Waals surface area contributed by atoms with E-state index in [4.69, 9.17) is 15.2 Å². The van der Waals surface area contributed by atoms with Gasteiger partial charge in [-0.05, 0) is 35.9 Å². The van der Waals surface area contributed by atoms with E-state index in [0.717, 1.165) is 39.0 Å². The highest BCUT2D eigenvalue weighted by Gasteiger charge is 2.20. The van der Waals surface area contributed by atoms with E-state index < -0.39 is 0 Å². The second-order valence-electron chi connectivity index (χ2n) is 6.70. The second-order valence-corrected chi connectivity index (χ2v) is 6.70. The van der Waals surface area contributed by atoms with Crippen molar-refractivity contribution in [1.29, 1.82) is 0 Å². The van der Waals surface area contributed by atoms with Gasteiger partial charge in [0.25, 0.3) is 0 Å². The Labute approximate surface area is 162 Å². The number of nitrogens with two attached hydrogens (primary N) is 1. The smallest absolute Gasteiger partial charge is 0.145 e. The minimum absolute atomic E-state index is 0.127. The first kappa shape index (κ1) is 16.6. The van der Waals surface area contributed by atoms with Crippen LogP contribution in [0.5, 0.6) is 5.75 Å². The van der Waals surface area contributed by atoms with Gasteiger partial charge in [-0.3, -0.25) is 4.98 Å². The summed E-state index contributed by atoms with van der Waals surface area (Å²) in [5.74, 6) is 1.29. The summed E-state index contributed by atoms with van der Waals surface area (Å²) in [5.41, 5.74) is 10.8.